The number of halogens is 1. The predicted molar refractivity (Wildman–Crippen MR) is 77.8 cm³/mol. The van der Waals surface area contributed by atoms with E-state index >= 15 is 0 Å². The van der Waals surface area contributed by atoms with E-state index in [2.05, 4.69) is 23.6 Å². The second-order valence-electron chi connectivity index (χ2n) is 5.30. The summed E-state index contributed by atoms with van der Waals surface area (Å²) >= 11 is 0. The Kier molecular flexibility index (Phi) is 4.77. The number of rotatable bonds is 4. The molecule has 1 atom stereocenters. The minimum Gasteiger partial charge on any atom is -0.369 e. The van der Waals surface area contributed by atoms with Gasteiger partial charge in [0.25, 0.3) is 0 Å². The first-order chi connectivity index (χ1) is 9.13. The van der Waals surface area contributed by atoms with Gasteiger partial charge in [0.05, 0.1) is 0 Å². The molecule has 106 valence electrons. The first-order valence-corrected chi connectivity index (χ1v) is 7.12. The van der Waals surface area contributed by atoms with E-state index in [-0.39, 0.29) is 5.82 Å². The summed E-state index contributed by atoms with van der Waals surface area (Å²) in [7, 11) is 0. The summed E-state index contributed by atoms with van der Waals surface area (Å²) in [5.74, 6) is -0.192. The van der Waals surface area contributed by atoms with Crippen LogP contribution in [0.25, 0.3) is 0 Å². The van der Waals surface area contributed by atoms with Crippen LogP contribution in [0.3, 0.4) is 0 Å². The molecule has 3 nitrogen and oxygen atoms in total. The number of hydrogen-bond donors (Lipinski definition) is 1. The maximum Gasteiger partial charge on any atom is 0.125 e. The van der Waals surface area contributed by atoms with Crippen molar-refractivity contribution in [3.05, 3.63) is 29.6 Å². The summed E-state index contributed by atoms with van der Waals surface area (Å²) in [6, 6.07) is 5.76. The van der Waals surface area contributed by atoms with E-state index in [1.54, 1.807) is 6.07 Å². The van der Waals surface area contributed by atoms with Gasteiger partial charge in [-0.3, -0.25) is 4.90 Å². The predicted octanol–water partition coefficient (Wildman–Crippen LogP) is 2.20. The Bertz CT molecular complexity index is 414. The molecule has 2 rings (SSSR count). The molecule has 2 N–H and O–H groups in total. The second-order valence-corrected chi connectivity index (χ2v) is 5.30. The quantitative estimate of drug-likeness (QED) is 0.906. The molecule has 1 saturated heterocycles. The standard InChI is InChI=1S/C15H24FN3/c1-3-12(2)18-4-6-19(7-5-18)15-9-13(11-17)8-14(16)10-15/h8-10,12H,3-7,11,17H2,1-2H3. The lowest BCUT2D eigenvalue weighted by atomic mass is 10.1. The third-order valence-electron chi connectivity index (χ3n) is 4.07. The zero-order valence-electron chi connectivity index (χ0n) is 11.9. The molecule has 0 spiro atoms. The van der Waals surface area contributed by atoms with Gasteiger partial charge in [0.15, 0.2) is 0 Å². The van der Waals surface area contributed by atoms with Crippen molar-refractivity contribution in [2.24, 2.45) is 5.73 Å². The van der Waals surface area contributed by atoms with Crippen LogP contribution >= 0.6 is 0 Å². The molecule has 19 heavy (non-hydrogen) atoms. The molecule has 0 bridgehead atoms. The van der Waals surface area contributed by atoms with Gasteiger partial charge < -0.3 is 10.6 Å². The third kappa shape index (κ3) is 3.45. The van der Waals surface area contributed by atoms with E-state index in [1.807, 2.05) is 6.07 Å². The lowest BCUT2D eigenvalue weighted by molar-refractivity contribution is 0.193. The van der Waals surface area contributed by atoms with Crippen molar-refractivity contribution in [1.82, 2.24) is 4.90 Å². The monoisotopic (exact) mass is 265 g/mol. The topological polar surface area (TPSA) is 32.5 Å². The first kappa shape index (κ1) is 14.3. The number of hydrogen-bond acceptors (Lipinski definition) is 3. The fourth-order valence-electron chi connectivity index (χ4n) is 2.61. The van der Waals surface area contributed by atoms with E-state index in [4.69, 9.17) is 5.73 Å². The molecule has 1 aromatic rings. The smallest absolute Gasteiger partial charge is 0.125 e. The van der Waals surface area contributed by atoms with Crippen LogP contribution in [0.5, 0.6) is 0 Å². The fraction of sp³-hybridized carbons (Fsp3) is 0.600. The molecule has 0 aromatic heterocycles. The minimum atomic E-state index is -0.192. The van der Waals surface area contributed by atoms with Crippen molar-refractivity contribution in [3.63, 3.8) is 0 Å². The second kappa shape index (κ2) is 6.35. The summed E-state index contributed by atoms with van der Waals surface area (Å²) in [4.78, 5) is 4.75. The van der Waals surface area contributed by atoms with Crippen LogP contribution < -0.4 is 10.6 Å². The molecule has 0 aliphatic carbocycles. The Morgan fingerprint density at radius 3 is 2.47 bits per heavy atom. The number of nitrogens with two attached hydrogens (primary N) is 1. The van der Waals surface area contributed by atoms with Crippen molar-refractivity contribution in [2.45, 2.75) is 32.9 Å². The fourth-order valence-corrected chi connectivity index (χ4v) is 2.61. The van der Waals surface area contributed by atoms with Crippen LogP contribution in [0.4, 0.5) is 10.1 Å². The summed E-state index contributed by atoms with van der Waals surface area (Å²) in [5, 5.41) is 0. The number of anilines is 1. The lowest BCUT2D eigenvalue weighted by Gasteiger charge is -2.39. The molecule has 1 unspecified atom stereocenters. The average molecular weight is 265 g/mol. The van der Waals surface area contributed by atoms with Crippen molar-refractivity contribution in [1.29, 1.82) is 0 Å². The Balaban J connectivity index is 2.03. The van der Waals surface area contributed by atoms with Gasteiger partial charge in [0.1, 0.15) is 5.82 Å². The van der Waals surface area contributed by atoms with Crippen LogP contribution in [-0.2, 0) is 6.54 Å². The molecular weight excluding hydrogens is 241 g/mol. The molecule has 1 aromatic carbocycles. The van der Waals surface area contributed by atoms with E-state index in [1.165, 1.54) is 12.5 Å². The highest BCUT2D eigenvalue weighted by molar-refractivity contribution is 5.49. The highest BCUT2D eigenvalue weighted by Crippen LogP contribution is 2.21. The zero-order chi connectivity index (χ0) is 13.8. The van der Waals surface area contributed by atoms with Crippen molar-refractivity contribution < 1.29 is 4.39 Å². The van der Waals surface area contributed by atoms with Crippen LogP contribution in [0, 0.1) is 5.82 Å². The van der Waals surface area contributed by atoms with E-state index in [0.717, 1.165) is 37.4 Å². The highest BCUT2D eigenvalue weighted by Gasteiger charge is 2.20. The van der Waals surface area contributed by atoms with Gasteiger partial charge in [0, 0.05) is 44.5 Å². The minimum absolute atomic E-state index is 0.192. The van der Waals surface area contributed by atoms with Crippen LogP contribution in [0.15, 0.2) is 18.2 Å². The first-order valence-electron chi connectivity index (χ1n) is 7.12. The summed E-state index contributed by atoms with van der Waals surface area (Å²) in [5.41, 5.74) is 7.43. The molecule has 1 aliphatic rings. The summed E-state index contributed by atoms with van der Waals surface area (Å²) in [6.07, 6.45) is 1.18. The number of benzene rings is 1. The van der Waals surface area contributed by atoms with E-state index in [9.17, 15) is 4.39 Å². The molecular formula is C15H24FN3. The van der Waals surface area contributed by atoms with Gasteiger partial charge in [-0.15, -0.1) is 0 Å². The summed E-state index contributed by atoms with van der Waals surface area (Å²) < 4.78 is 13.5. The van der Waals surface area contributed by atoms with Crippen molar-refractivity contribution in [2.75, 3.05) is 31.1 Å². The van der Waals surface area contributed by atoms with Gasteiger partial charge in [-0.1, -0.05) is 6.92 Å². The zero-order valence-corrected chi connectivity index (χ0v) is 11.9. The molecule has 1 aliphatic heterocycles. The van der Waals surface area contributed by atoms with E-state index < -0.39 is 0 Å². The normalized spacial score (nSPS) is 18.6. The molecule has 0 saturated carbocycles. The van der Waals surface area contributed by atoms with Gasteiger partial charge in [0.2, 0.25) is 0 Å². The SMILES string of the molecule is CCC(C)N1CCN(c2cc(F)cc(CN)c2)CC1. The van der Waals surface area contributed by atoms with Crippen molar-refractivity contribution >= 4 is 5.69 Å². The van der Waals surface area contributed by atoms with E-state index in [0.29, 0.717) is 12.6 Å². The number of piperazine rings is 1. The summed E-state index contributed by atoms with van der Waals surface area (Å²) in [6.45, 7) is 8.88. The maximum atomic E-state index is 13.5. The van der Waals surface area contributed by atoms with Gasteiger partial charge in [-0.2, -0.15) is 0 Å². The molecule has 1 heterocycles. The third-order valence-corrected chi connectivity index (χ3v) is 4.07. The largest absolute Gasteiger partial charge is 0.369 e. The van der Waals surface area contributed by atoms with Gasteiger partial charge in [-0.25, -0.2) is 4.39 Å². The average Bonchev–Trinajstić information content (AvgIpc) is 2.46. The van der Waals surface area contributed by atoms with Crippen LogP contribution in [-0.4, -0.2) is 37.1 Å². The van der Waals surface area contributed by atoms with Gasteiger partial charge >= 0.3 is 0 Å². The molecule has 0 amide bonds. The molecule has 0 radical (unpaired) electrons. The maximum absolute atomic E-state index is 13.5. The molecule has 4 heteroatoms. The number of nitrogens with zero attached hydrogens (tertiary/aromatic N) is 2. The Morgan fingerprint density at radius 2 is 1.89 bits per heavy atom. The Labute approximate surface area is 115 Å². The van der Waals surface area contributed by atoms with Crippen LogP contribution in [0.2, 0.25) is 0 Å². The Morgan fingerprint density at radius 1 is 1.21 bits per heavy atom. The Hall–Kier alpha value is -1.13. The van der Waals surface area contributed by atoms with Crippen molar-refractivity contribution in [3.8, 4) is 0 Å². The van der Waals surface area contributed by atoms with Crippen LogP contribution in [0.1, 0.15) is 25.8 Å². The lowest BCUT2D eigenvalue weighted by Crippen LogP contribution is -2.49. The molecule has 1 fully saturated rings. The van der Waals surface area contributed by atoms with Gasteiger partial charge in [-0.05, 0) is 37.1 Å². The highest BCUT2D eigenvalue weighted by atomic mass is 19.1.